The van der Waals surface area contributed by atoms with Gasteiger partial charge in [-0.3, -0.25) is 4.79 Å². The van der Waals surface area contributed by atoms with Gasteiger partial charge in [0.25, 0.3) is 5.91 Å². The van der Waals surface area contributed by atoms with Crippen LogP contribution in [0.25, 0.3) is 16.6 Å². The van der Waals surface area contributed by atoms with Crippen molar-refractivity contribution in [1.29, 1.82) is 0 Å². The van der Waals surface area contributed by atoms with Crippen molar-refractivity contribution in [1.82, 2.24) is 15.1 Å². The molecule has 0 aliphatic carbocycles. The number of carbonyl (C=O) groups is 1. The topological polar surface area (TPSA) is 72.9 Å². The fourth-order valence-electron chi connectivity index (χ4n) is 4.29. The summed E-state index contributed by atoms with van der Waals surface area (Å²) >= 11 is 0. The van der Waals surface area contributed by atoms with Gasteiger partial charge in [0.1, 0.15) is 5.52 Å². The number of fused-ring (bicyclic) bond motifs is 1. The maximum Gasteiger partial charge on any atom is 0.250 e. The number of primary amides is 1. The molecule has 0 bridgehead atoms. The minimum absolute atomic E-state index is 0.304. The highest BCUT2D eigenvalue weighted by Gasteiger charge is 2.63. The van der Waals surface area contributed by atoms with Gasteiger partial charge in [-0.2, -0.15) is 5.10 Å². The third-order valence-electron chi connectivity index (χ3n) is 6.48. The molecule has 1 aliphatic heterocycles. The quantitative estimate of drug-likeness (QED) is 0.492. The van der Waals surface area contributed by atoms with Gasteiger partial charge in [0.2, 0.25) is 0 Å². The Kier molecular flexibility index (Phi) is 5.26. The summed E-state index contributed by atoms with van der Waals surface area (Å²) in [6, 6.07) is 11.7. The Labute approximate surface area is 204 Å². The maximum atomic E-state index is 11.7. The summed E-state index contributed by atoms with van der Waals surface area (Å²) in [5.41, 5.74) is 7.14. The van der Waals surface area contributed by atoms with Crippen LogP contribution in [0.5, 0.6) is 0 Å². The number of rotatable bonds is 3. The van der Waals surface area contributed by atoms with E-state index >= 15 is 0 Å². The molecule has 1 saturated heterocycles. The number of benzene rings is 2. The van der Waals surface area contributed by atoms with Crippen LogP contribution in [0.1, 0.15) is 15.9 Å². The lowest BCUT2D eigenvalue weighted by atomic mass is 9.08. The second-order valence-electron chi connectivity index (χ2n) is 8.64. The molecule has 3 N–H and O–H groups in total. The van der Waals surface area contributed by atoms with Crippen molar-refractivity contribution in [3.05, 3.63) is 59.8 Å². The molecule has 140 valence electrons. The zero-order chi connectivity index (χ0) is 24.6. The summed E-state index contributed by atoms with van der Waals surface area (Å²) in [4.78, 5) is 11.7. The predicted molar refractivity (Wildman–Crippen MR) is 137 cm³/mol. The third-order valence-corrected chi connectivity index (χ3v) is 6.48. The Hall–Kier alpha value is -2.08. The predicted octanol–water partition coefficient (Wildman–Crippen LogP) is -2.02. The van der Waals surface area contributed by atoms with E-state index < -0.39 is 32.3 Å². The van der Waals surface area contributed by atoms with E-state index in [0.29, 0.717) is 22.3 Å². The molecule has 1 atom stereocenters. The Morgan fingerprint density at radius 2 is 1.45 bits per heavy atom. The number of nitrogens with two attached hydrogens (primary N) is 1. The average Bonchev–Trinajstić information content (AvgIpc) is 3.15. The maximum absolute atomic E-state index is 11.7. The van der Waals surface area contributed by atoms with Crippen molar-refractivity contribution in [2.75, 3.05) is 0 Å². The highest BCUT2D eigenvalue weighted by Crippen LogP contribution is 2.63. The van der Waals surface area contributed by atoms with Gasteiger partial charge < -0.3 is 11.1 Å². The van der Waals surface area contributed by atoms with Gasteiger partial charge in [-0.15, -0.1) is 10.4 Å². The molecular weight excluding hydrogens is 398 g/mol. The average molecular weight is 409 g/mol. The van der Waals surface area contributed by atoms with Crippen LogP contribution in [-0.2, 0) is 5.31 Å². The second kappa shape index (κ2) is 7.21. The molecule has 1 unspecified atom stereocenters. The minimum atomic E-state index is -2.17. The van der Waals surface area contributed by atoms with Gasteiger partial charge in [0.15, 0.2) is 0 Å². The van der Waals surface area contributed by atoms with Gasteiger partial charge in [-0.05, 0) is 18.2 Å². The number of nitrogens with one attached hydrogen (secondary N) is 1. The smallest absolute Gasteiger partial charge is 0.250 e. The molecule has 2 aromatic carbocycles. The number of amides is 1. The van der Waals surface area contributed by atoms with Crippen molar-refractivity contribution >= 4 is 87.4 Å². The first-order valence-electron chi connectivity index (χ1n) is 9.85. The van der Waals surface area contributed by atoms with Gasteiger partial charge in [0, 0.05) is 11.6 Å². The minimum Gasteiger partial charge on any atom is -0.366 e. The van der Waals surface area contributed by atoms with Crippen molar-refractivity contribution < 1.29 is 4.79 Å². The van der Waals surface area contributed by atoms with Gasteiger partial charge in [-0.25, -0.2) is 4.68 Å². The highest BCUT2D eigenvalue weighted by molar-refractivity contribution is 6.65. The van der Waals surface area contributed by atoms with Gasteiger partial charge in [0.05, 0.1) is 81.9 Å². The van der Waals surface area contributed by atoms with Crippen molar-refractivity contribution in [2.24, 2.45) is 5.73 Å². The number of hydrogen-bond acceptors (Lipinski definition) is 3. The Morgan fingerprint density at radius 1 is 0.848 bits per heavy atom. The van der Waals surface area contributed by atoms with Crippen LogP contribution in [0.3, 0.4) is 0 Å². The van der Waals surface area contributed by atoms with Gasteiger partial charge >= 0.3 is 0 Å². The van der Waals surface area contributed by atoms with E-state index in [-0.39, 0.29) is 0 Å². The summed E-state index contributed by atoms with van der Waals surface area (Å²) in [5.74, 6) is -0.580. The van der Waals surface area contributed by atoms with Crippen molar-refractivity contribution in [3.8, 4) is 5.69 Å². The largest absolute Gasteiger partial charge is 0.366 e. The standard InChI is InChI=1S/C19H11B9N4O/c20-15(16(21,22)17(23,24)19(27,28)31-18(15,25)26)10-4-6-11(7-5-10)32-8-9-2-1-3-12(14(29)33)13(9)30-32/h1-8,31H,(H2,29,33). The Bertz CT molecular complexity index is 1260. The summed E-state index contributed by atoms with van der Waals surface area (Å²) in [5, 5.41) is -2.55. The van der Waals surface area contributed by atoms with E-state index in [4.69, 9.17) is 76.4 Å². The second-order valence-corrected chi connectivity index (χ2v) is 8.64. The van der Waals surface area contributed by atoms with Crippen molar-refractivity contribution in [3.63, 3.8) is 0 Å². The highest BCUT2D eigenvalue weighted by atomic mass is 16.1. The molecular formula is C19H11B9N4O. The lowest BCUT2D eigenvalue weighted by Crippen LogP contribution is -2.83. The van der Waals surface area contributed by atoms with Crippen LogP contribution in [0.2, 0.25) is 10.4 Å². The van der Waals surface area contributed by atoms with E-state index in [0.717, 1.165) is 5.39 Å². The molecule has 5 nitrogen and oxygen atoms in total. The lowest BCUT2D eigenvalue weighted by Gasteiger charge is -2.75. The summed E-state index contributed by atoms with van der Waals surface area (Å²) in [6.45, 7) is 0. The van der Waals surface area contributed by atoms with Gasteiger partial charge in [-0.1, -0.05) is 45.8 Å². The lowest BCUT2D eigenvalue weighted by molar-refractivity contribution is 0.100. The van der Waals surface area contributed by atoms with Crippen molar-refractivity contribution in [2.45, 2.75) is 26.4 Å². The normalized spacial score (nSPS) is 24.8. The Balaban J connectivity index is 1.80. The zero-order valence-electron chi connectivity index (χ0n) is 17.7. The van der Waals surface area contributed by atoms with E-state index in [9.17, 15) is 4.79 Å². The first-order chi connectivity index (χ1) is 15.1. The summed E-state index contributed by atoms with van der Waals surface area (Å²) in [7, 11) is 56.1. The van der Waals surface area contributed by atoms with Crippen LogP contribution in [0, 0.1) is 0 Å². The van der Waals surface area contributed by atoms with Crippen LogP contribution >= 0.6 is 0 Å². The monoisotopic (exact) mass is 410 g/mol. The van der Waals surface area contributed by atoms with E-state index in [1.165, 1.54) is 0 Å². The molecule has 1 aromatic heterocycles. The molecule has 14 heteroatoms. The van der Waals surface area contributed by atoms with Crippen LogP contribution in [0.4, 0.5) is 0 Å². The molecule has 3 aromatic rings. The molecule has 1 amide bonds. The first-order valence-corrected chi connectivity index (χ1v) is 9.85. The number of hydrogen-bond donors (Lipinski definition) is 2. The van der Waals surface area contributed by atoms with E-state index in [1.807, 2.05) is 6.07 Å². The Morgan fingerprint density at radius 3 is 2.03 bits per heavy atom. The fraction of sp³-hybridized carbons (Fsp3) is 0.263. The molecule has 0 spiro atoms. The number of carbonyl (C=O) groups excluding carboxylic acids is 1. The molecule has 4 rings (SSSR count). The summed E-state index contributed by atoms with van der Waals surface area (Å²) < 4.78 is 1.57. The molecule has 33 heavy (non-hydrogen) atoms. The van der Waals surface area contributed by atoms with Crippen LogP contribution in [-0.4, -0.2) is 97.0 Å². The molecule has 2 heterocycles. The first kappa shape index (κ1) is 24.1. The number of piperidine rings is 1. The SMILES string of the molecule is [B]C1([B])NC([B])([B])C([B])(c2ccc(-n3cc4cccc(C(N)=O)c4n3)cc2)C([B])([B])C1([B])[B]. The van der Waals surface area contributed by atoms with Crippen LogP contribution < -0.4 is 11.1 Å². The molecule has 1 aliphatic rings. The summed E-state index contributed by atoms with van der Waals surface area (Å²) in [6.07, 6.45) is 1.74. The molecule has 18 radical (unpaired) electrons. The van der Waals surface area contributed by atoms with E-state index in [1.54, 1.807) is 47.3 Å². The number of aromatic nitrogens is 2. The molecule has 0 saturated carbocycles. The zero-order valence-corrected chi connectivity index (χ0v) is 17.7. The third kappa shape index (κ3) is 3.16. The molecule has 1 fully saturated rings. The van der Waals surface area contributed by atoms with E-state index in [2.05, 4.69) is 10.4 Å². The number of nitrogens with zero attached hydrogens (tertiary/aromatic N) is 2. The van der Waals surface area contributed by atoms with Crippen LogP contribution in [0.15, 0.2) is 48.7 Å². The fourth-order valence-corrected chi connectivity index (χ4v) is 4.29.